The molecule has 0 aromatic heterocycles. The van der Waals surface area contributed by atoms with E-state index >= 15 is 0 Å². The summed E-state index contributed by atoms with van der Waals surface area (Å²) in [4.78, 5) is 0. The van der Waals surface area contributed by atoms with Crippen LogP contribution < -0.4 is 0 Å². The van der Waals surface area contributed by atoms with Gasteiger partial charge in [-0.1, -0.05) is 0 Å². The van der Waals surface area contributed by atoms with E-state index in [4.69, 9.17) is 9.29 Å². The van der Waals surface area contributed by atoms with Crippen LogP contribution in [0.25, 0.3) is 0 Å². The number of morpholine rings is 1. The standard InChI is InChI=1S/C5H11NO3S/c1-5-4-9-3-2-6(5)10(7)8/h5H,2-4H2,1H3,(H,7,8). The van der Waals surface area contributed by atoms with Gasteiger partial charge >= 0.3 is 0 Å². The van der Waals surface area contributed by atoms with E-state index in [-0.39, 0.29) is 6.04 Å². The maximum Gasteiger partial charge on any atom is 0.234 e. The largest absolute Gasteiger partial charge is 0.378 e. The molecule has 1 rings (SSSR count). The smallest absolute Gasteiger partial charge is 0.234 e. The molecule has 0 amide bonds. The van der Waals surface area contributed by atoms with E-state index in [1.807, 2.05) is 6.92 Å². The molecule has 0 spiro atoms. The molecule has 10 heavy (non-hydrogen) atoms. The predicted octanol–water partition coefficient (Wildman–Crippen LogP) is -0.156. The molecule has 0 aromatic carbocycles. The van der Waals surface area contributed by atoms with E-state index in [1.54, 1.807) is 0 Å². The fourth-order valence-corrected chi connectivity index (χ4v) is 1.54. The number of ether oxygens (including phenoxy) is 1. The molecular formula is C5H11NO3S. The van der Waals surface area contributed by atoms with Crippen molar-refractivity contribution in [1.29, 1.82) is 0 Å². The maximum absolute atomic E-state index is 10.5. The van der Waals surface area contributed by atoms with Crippen LogP contribution in [0.3, 0.4) is 0 Å². The lowest BCUT2D eigenvalue weighted by molar-refractivity contribution is 0.0387. The second-order valence-corrected chi connectivity index (χ2v) is 3.23. The van der Waals surface area contributed by atoms with Crippen molar-refractivity contribution >= 4 is 11.3 Å². The van der Waals surface area contributed by atoms with Crippen molar-refractivity contribution in [3.05, 3.63) is 0 Å². The fourth-order valence-electron chi connectivity index (χ4n) is 0.944. The van der Waals surface area contributed by atoms with Gasteiger partial charge in [-0.2, -0.15) is 4.31 Å². The van der Waals surface area contributed by atoms with Crippen LogP contribution in [0.1, 0.15) is 6.92 Å². The molecule has 2 atom stereocenters. The molecule has 0 radical (unpaired) electrons. The third-order valence-electron chi connectivity index (χ3n) is 1.51. The van der Waals surface area contributed by atoms with Crippen LogP contribution in [-0.2, 0) is 16.0 Å². The average Bonchev–Trinajstić information content (AvgIpc) is 1.88. The second kappa shape index (κ2) is 3.43. The molecule has 0 aliphatic carbocycles. The number of nitrogens with zero attached hydrogens (tertiary/aromatic N) is 1. The Balaban J connectivity index is 2.47. The minimum absolute atomic E-state index is 0.0552. The van der Waals surface area contributed by atoms with Gasteiger partial charge in [0.1, 0.15) is 0 Å². The lowest BCUT2D eigenvalue weighted by atomic mass is 10.3. The average molecular weight is 165 g/mol. The minimum atomic E-state index is -1.83. The Labute approximate surface area is 62.6 Å². The van der Waals surface area contributed by atoms with Crippen molar-refractivity contribution in [2.45, 2.75) is 13.0 Å². The van der Waals surface area contributed by atoms with Crippen LogP contribution >= 0.6 is 0 Å². The van der Waals surface area contributed by atoms with E-state index in [0.29, 0.717) is 19.8 Å². The second-order valence-electron chi connectivity index (χ2n) is 2.30. The van der Waals surface area contributed by atoms with Crippen molar-refractivity contribution in [1.82, 2.24) is 4.31 Å². The molecular weight excluding hydrogens is 154 g/mol. The number of rotatable bonds is 1. The third kappa shape index (κ3) is 1.76. The summed E-state index contributed by atoms with van der Waals surface area (Å²) in [6, 6.07) is 0.0552. The Morgan fingerprint density at radius 3 is 2.90 bits per heavy atom. The lowest BCUT2D eigenvalue weighted by Crippen LogP contribution is -2.44. The molecule has 1 heterocycles. The zero-order valence-corrected chi connectivity index (χ0v) is 6.63. The lowest BCUT2D eigenvalue weighted by Gasteiger charge is -2.29. The molecule has 0 bridgehead atoms. The Kier molecular flexibility index (Phi) is 2.79. The first-order valence-corrected chi connectivity index (χ1v) is 4.23. The van der Waals surface area contributed by atoms with Crippen molar-refractivity contribution in [3.63, 3.8) is 0 Å². The molecule has 1 aliphatic rings. The summed E-state index contributed by atoms with van der Waals surface area (Å²) in [6.45, 7) is 3.51. The summed E-state index contributed by atoms with van der Waals surface area (Å²) >= 11 is -1.83. The summed E-state index contributed by atoms with van der Waals surface area (Å²) in [7, 11) is 0. The Hall–Kier alpha value is 0.0300. The van der Waals surface area contributed by atoms with Gasteiger partial charge in [0.05, 0.1) is 13.2 Å². The topological polar surface area (TPSA) is 49.8 Å². The quantitative estimate of drug-likeness (QED) is 0.549. The van der Waals surface area contributed by atoms with E-state index in [2.05, 4.69) is 0 Å². The molecule has 1 N–H and O–H groups in total. The number of hydrogen-bond donors (Lipinski definition) is 1. The van der Waals surface area contributed by atoms with Crippen LogP contribution in [0.4, 0.5) is 0 Å². The summed E-state index contributed by atoms with van der Waals surface area (Å²) in [5, 5.41) is 0. The van der Waals surface area contributed by atoms with Gasteiger partial charge in [-0.05, 0) is 6.92 Å². The Morgan fingerprint density at radius 2 is 2.50 bits per heavy atom. The molecule has 1 saturated heterocycles. The van der Waals surface area contributed by atoms with Crippen LogP contribution in [0.15, 0.2) is 0 Å². The molecule has 60 valence electrons. The maximum atomic E-state index is 10.5. The first kappa shape index (κ1) is 8.13. The first-order valence-electron chi connectivity index (χ1n) is 3.17. The summed E-state index contributed by atoms with van der Waals surface area (Å²) in [5.74, 6) is 0. The van der Waals surface area contributed by atoms with Gasteiger partial charge in [0, 0.05) is 12.6 Å². The zero-order valence-electron chi connectivity index (χ0n) is 5.82. The Bertz CT molecular complexity index is 141. The van der Waals surface area contributed by atoms with Crippen molar-refractivity contribution < 1.29 is 13.5 Å². The van der Waals surface area contributed by atoms with Gasteiger partial charge in [0.15, 0.2) is 0 Å². The van der Waals surface area contributed by atoms with Crippen LogP contribution in [0.5, 0.6) is 0 Å². The van der Waals surface area contributed by atoms with Gasteiger partial charge < -0.3 is 4.74 Å². The molecule has 5 heteroatoms. The zero-order chi connectivity index (χ0) is 7.56. The summed E-state index contributed by atoms with van der Waals surface area (Å²) in [5.41, 5.74) is 0. The van der Waals surface area contributed by atoms with Crippen LogP contribution in [0.2, 0.25) is 0 Å². The first-order chi connectivity index (χ1) is 4.72. The van der Waals surface area contributed by atoms with E-state index in [0.717, 1.165) is 0 Å². The highest BCUT2D eigenvalue weighted by Gasteiger charge is 2.22. The molecule has 1 fully saturated rings. The summed E-state index contributed by atoms with van der Waals surface area (Å²) in [6.07, 6.45) is 0. The molecule has 4 nitrogen and oxygen atoms in total. The minimum Gasteiger partial charge on any atom is -0.378 e. The van der Waals surface area contributed by atoms with Gasteiger partial charge in [-0.3, -0.25) is 4.55 Å². The molecule has 0 saturated carbocycles. The number of hydrogen-bond acceptors (Lipinski definition) is 2. The molecule has 0 aromatic rings. The molecule has 2 unspecified atom stereocenters. The van der Waals surface area contributed by atoms with Crippen molar-refractivity contribution in [2.75, 3.05) is 19.8 Å². The predicted molar refractivity (Wildman–Crippen MR) is 37.8 cm³/mol. The van der Waals surface area contributed by atoms with Gasteiger partial charge in [-0.15, -0.1) is 0 Å². The highest BCUT2D eigenvalue weighted by atomic mass is 32.2. The van der Waals surface area contributed by atoms with Crippen molar-refractivity contribution in [3.8, 4) is 0 Å². The normalized spacial score (nSPS) is 32.0. The van der Waals surface area contributed by atoms with E-state index in [9.17, 15) is 4.21 Å². The highest BCUT2D eigenvalue weighted by Crippen LogP contribution is 2.06. The van der Waals surface area contributed by atoms with E-state index < -0.39 is 11.3 Å². The fraction of sp³-hybridized carbons (Fsp3) is 1.00. The van der Waals surface area contributed by atoms with Crippen LogP contribution in [0, 0.1) is 0 Å². The monoisotopic (exact) mass is 165 g/mol. The van der Waals surface area contributed by atoms with E-state index in [1.165, 1.54) is 4.31 Å². The molecule has 1 aliphatic heterocycles. The van der Waals surface area contributed by atoms with Crippen molar-refractivity contribution in [2.24, 2.45) is 0 Å². The SMILES string of the molecule is CC1COCCN1S(=O)O. The van der Waals surface area contributed by atoms with Crippen LogP contribution in [-0.4, -0.2) is 38.9 Å². The summed E-state index contributed by atoms with van der Waals surface area (Å²) < 4.78 is 25.8. The van der Waals surface area contributed by atoms with Gasteiger partial charge in [-0.25, -0.2) is 4.21 Å². The van der Waals surface area contributed by atoms with Gasteiger partial charge in [0.25, 0.3) is 0 Å². The Morgan fingerprint density at radius 1 is 1.80 bits per heavy atom. The van der Waals surface area contributed by atoms with Gasteiger partial charge in [0.2, 0.25) is 11.3 Å². The highest BCUT2D eigenvalue weighted by molar-refractivity contribution is 7.76. The third-order valence-corrected chi connectivity index (χ3v) is 2.45.